The van der Waals surface area contributed by atoms with Gasteiger partial charge < -0.3 is 4.42 Å². The molecule has 0 spiro atoms. The summed E-state index contributed by atoms with van der Waals surface area (Å²) in [7, 11) is 0. The number of nitro groups is 1. The molecule has 2 rings (SSSR count). The van der Waals surface area contributed by atoms with Gasteiger partial charge in [0.2, 0.25) is 5.89 Å². The maximum Gasteiger partial charge on any atom is 0.271 e. The fourth-order valence-corrected chi connectivity index (χ4v) is 1.65. The standard InChI is InChI=1S/C9H5BrN2O3/c10-7-3-6(9-11-1-2-15-9)4-8(5-7)12(13)14/h1-5H. The van der Waals surface area contributed by atoms with E-state index >= 15 is 0 Å². The molecule has 0 N–H and O–H groups in total. The minimum Gasteiger partial charge on any atom is -0.445 e. The van der Waals surface area contributed by atoms with Crippen molar-refractivity contribution in [1.29, 1.82) is 0 Å². The van der Waals surface area contributed by atoms with Crippen LogP contribution in [0.1, 0.15) is 0 Å². The Kier molecular flexibility index (Phi) is 2.51. The normalized spacial score (nSPS) is 10.2. The number of rotatable bonds is 2. The van der Waals surface area contributed by atoms with E-state index < -0.39 is 4.92 Å². The quantitative estimate of drug-likeness (QED) is 0.620. The Morgan fingerprint density at radius 3 is 2.80 bits per heavy atom. The van der Waals surface area contributed by atoms with Crippen molar-refractivity contribution in [2.45, 2.75) is 0 Å². The average Bonchev–Trinajstić information content (AvgIpc) is 2.69. The molecule has 1 aromatic carbocycles. The van der Waals surface area contributed by atoms with Crippen molar-refractivity contribution in [3.8, 4) is 11.5 Å². The minimum absolute atomic E-state index is 0.00225. The van der Waals surface area contributed by atoms with Crippen LogP contribution >= 0.6 is 15.9 Å². The number of hydrogen-bond donors (Lipinski definition) is 0. The van der Waals surface area contributed by atoms with E-state index in [1.54, 1.807) is 6.07 Å². The maximum absolute atomic E-state index is 10.6. The third-order valence-electron chi connectivity index (χ3n) is 1.77. The largest absolute Gasteiger partial charge is 0.445 e. The monoisotopic (exact) mass is 268 g/mol. The summed E-state index contributed by atoms with van der Waals surface area (Å²) in [5, 5.41) is 10.6. The fourth-order valence-electron chi connectivity index (χ4n) is 1.17. The van der Waals surface area contributed by atoms with E-state index in [1.807, 2.05) is 0 Å². The Morgan fingerprint density at radius 1 is 1.40 bits per heavy atom. The van der Waals surface area contributed by atoms with E-state index in [1.165, 1.54) is 24.6 Å². The first-order valence-electron chi connectivity index (χ1n) is 4.01. The molecule has 0 radical (unpaired) electrons. The zero-order valence-corrected chi connectivity index (χ0v) is 8.97. The van der Waals surface area contributed by atoms with Gasteiger partial charge in [-0.05, 0) is 6.07 Å². The molecule has 15 heavy (non-hydrogen) atoms. The molecule has 0 bridgehead atoms. The number of aromatic nitrogens is 1. The highest BCUT2D eigenvalue weighted by Crippen LogP contribution is 2.27. The van der Waals surface area contributed by atoms with E-state index in [2.05, 4.69) is 20.9 Å². The average molecular weight is 269 g/mol. The molecule has 0 aliphatic heterocycles. The molecule has 1 heterocycles. The molecule has 0 atom stereocenters. The summed E-state index contributed by atoms with van der Waals surface area (Å²) < 4.78 is 5.67. The van der Waals surface area contributed by atoms with Gasteiger partial charge in [-0.3, -0.25) is 10.1 Å². The first-order chi connectivity index (χ1) is 7.16. The van der Waals surface area contributed by atoms with Crippen LogP contribution < -0.4 is 0 Å². The highest BCUT2D eigenvalue weighted by molar-refractivity contribution is 9.10. The predicted molar refractivity (Wildman–Crippen MR) is 56.3 cm³/mol. The van der Waals surface area contributed by atoms with Crippen LogP contribution in [0.3, 0.4) is 0 Å². The molecule has 5 nitrogen and oxygen atoms in total. The van der Waals surface area contributed by atoms with Crippen LogP contribution in [0.5, 0.6) is 0 Å². The van der Waals surface area contributed by atoms with Crippen LogP contribution in [0.15, 0.2) is 39.5 Å². The fraction of sp³-hybridized carbons (Fsp3) is 0. The third kappa shape index (κ3) is 2.04. The van der Waals surface area contributed by atoms with E-state index in [9.17, 15) is 10.1 Å². The topological polar surface area (TPSA) is 69.2 Å². The predicted octanol–water partition coefficient (Wildman–Crippen LogP) is 3.01. The lowest BCUT2D eigenvalue weighted by atomic mass is 10.2. The molecule has 1 aromatic heterocycles. The van der Waals surface area contributed by atoms with Crippen molar-refractivity contribution in [2.75, 3.05) is 0 Å². The maximum atomic E-state index is 10.6. The molecule has 76 valence electrons. The zero-order valence-electron chi connectivity index (χ0n) is 7.38. The van der Waals surface area contributed by atoms with Gasteiger partial charge >= 0.3 is 0 Å². The van der Waals surface area contributed by atoms with Crippen LogP contribution in [0.4, 0.5) is 5.69 Å². The van der Waals surface area contributed by atoms with E-state index in [-0.39, 0.29) is 5.69 Å². The second-order valence-corrected chi connectivity index (χ2v) is 3.71. The number of non-ortho nitro benzene ring substituents is 1. The highest BCUT2D eigenvalue weighted by atomic mass is 79.9. The summed E-state index contributed by atoms with van der Waals surface area (Å²) >= 11 is 3.19. The summed E-state index contributed by atoms with van der Waals surface area (Å²) in [6, 6.07) is 4.54. The Labute approximate surface area is 93.0 Å². The second kappa shape index (κ2) is 3.82. The van der Waals surface area contributed by atoms with Gasteiger partial charge in [0.15, 0.2) is 0 Å². The molecule has 0 fully saturated rings. The molecule has 6 heteroatoms. The number of nitro benzene ring substituents is 1. The van der Waals surface area contributed by atoms with Crippen LogP contribution in [-0.2, 0) is 0 Å². The summed E-state index contributed by atoms with van der Waals surface area (Å²) in [6.07, 6.45) is 2.91. The molecule has 2 aromatic rings. The van der Waals surface area contributed by atoms with E-state index in [0.717, 1.165) is 0 Å². The van der Waals surface area contributed by atoms with Crippen LogP contribution in [0.2, 0.25) is 0 Å². The van der Waals surface area contributed by atoms with Gasteiger partial charge in [-0.25, -0.2) is 4.98 Å². The van der Waals surface area contributed by atoms with Gasteiger partial charge in [-0.2, -0.15) is 0 Å². The molecule has 0 saturated heterocycles. The Balaban J connectivity index is 2.54. The summed E-state index contributed by atoms with van der Waals surface area (Å²) in [5.41, 5.74) is 0.568. The van der Waals surface area contributed by atoms with Crippen molar-refractivity contribution in [3.05, 3.63) is 45.2 Å². The molecule has 0 saturated carbocycles. The Morgan fingerprint density at radius 2 is 2.20 bits per heavy atom. The van der Waals surface area contributed by atoms with Gasteiger partial charge in [0.25, 0.3) is 5.69 Å². The number of oxazole rings is 1. The van der Waals surface area contributed by atoms with Gasteiger partial charge in [-0.15, -0.1) is 0 Å². The van der Waals surface area contributed by atoms with Gasteiger partial charge in [0.1, 0.15) is 6.26 Å². The first kappa shape index (κ1) is 9.85. The van der Waals surface area contributed by atoms with Crippen LogP contribution in [-0.4, -0.2) is 9.91 Å². The van der Waals surface area contributed by atoms with Gasteiger partial charge in [0, 0.05) is 22.2 Å². The lowest BCUT2D eigenvalue weighted by Gasteiger charge is -1.97. The summed E-state index contributed by atoms with van der Waals surface area (Å²) in [6.45, 7) is 0. The number of nitrogens with zero attached hydrogens (tertiary/aromatic N) is 2. The van der Waals surface area contributed by atoms with Crippen molar-refractivity contribution in [1.82, 2.24) is 4.98 Å². The van der Waals surface area contributed by atoms with Crippen molar-refractivity contribution < 1.29 is 9.34 Å². The lowest BCUT2D eigenvalue weighted by molar-refractivity contribution is -0.384. The van der Waals surface area contributed by atoms with E-state index in [4.69, 9.17) is 4.42 Å². The molecular formula is C9H5BrN2O3. The summed E-state index contributed by atoms with van der Waals surface area (Å²) in [4.78, 5) is 14.1. The summed E-state index contributed by atoms with van der Waals surface area (Å²) in [5.74, 6) is 0.361. The van der Waals surface area contributed by atoms with Gasteiger partial charge in [0.05, 0.1) is 11.1 Å². The van der Waals surface area contributed by atoms with Crippen molar-refractivity contribution >= 4 is 21.6 Å². The van der Waals surface area contributed by atoms with Crippen molar-refractivity contribution in [2.24, 2.45) is 0 Å². The minimum atomic E-state index is -0.461. The Hall–Kier alpha value is -1.69. The molecular weight excluding hydrogens is 264 g/mol. The second-order valence-electron chi connectivity index (χ2n) is 2.79. The smallest absolute Gasteiger partial charge is 0.271 e. The number of hydrogen-bond acceptors (Lipinski definition) is 4. The lowest BCUT2D eigenvalue weighted by Crippen LogP contribution is -1.89. The van der Waals surface area contributed by atoms with Gasteiger partial charge in [-0.1, -0.05) is 15.9 Å². The van der Waals surface area contributed by atoms with E-state index in [0.29, 0.717) is 15.9 Å². The highest BCUT2D eigenvalue weighted by Gasteiger charge is 2.11. The molecule has 0 aliphatic carbocycles. The first-order valence-corrected chi connectivity index (χ1v) is 4.81. The van der Waals surface area contributed by atoms with Crippen LogP contribution in [0.25, 0.3) is 11.5 Å². The van der Waals surface area contributed by atoms with Crippen LogP contribution in [0, 0.1) is 10.1 Å². The number of halogens is 1. The third-order valence-corrected chi connectivity index (χ3v) is 2.23. The molecule has 0 aliphatic rings. The number of benzene rings is 1. The van der Waals surface area contributed by atoms with Crippen molar-refractivity contribution in [3.63, 3.8) is 0 Å². The Bertz CT molecular complexity index is 496. The molecule has 0 unspecified atom stereocenters. The SMILES string of the molecule is O=[N+]([O-])c1cc(Br)cc(-c2ncco2)c1. The molecule has 0 amide bonds. The zero-order chi connectivity index (χ0) is 10.8.